The minimum atomic E-state index is -1.22. The maximum absolute atomic E-state index is 12.2. The van der Waals surface area contributed by atoms with Crippen LogP contribution in [0.5, 0.6) is 0 Å². The van der Waals surface area contributed by atoms with E-state index in [-0.39, 0.29) is 11.8 Å². The van der Waals surface area contributed by atoms with Gasteiger partial charge in [0.15, 0.2) is 0 Å². The van der Waals surface area contributed by atoms with Crippen molar-refractivity contribution in [2.45, 2.75) is 26.3 Å². The number of aliphatic carboxylic acids is 1. The second kappa shape index (κ2) is 5.46. The zero-order chi connectivity index (χ0) is 13.1. The molecule has 0 saturated carbocycles. The first-order valence-electron chi connectivity index (χ1n) is 5.79. The van der Waals surface area contributed by atoms with Crippen LogP contribution in [0, 0.1) is 11.3 Å². The summed E-state index contributed by atoms with van der Waals surface area (Å²) >= 11 is 0. The van der Waals surface area contributed by atoms with Gasteiger partial charge in [0.25, 0.3) is 0 Å². The third-order valence-electron chi connectivity index (χ3n) is 3.53. The highest BCUT2D eigenvalue weighted by atomic mass is 16.4. The highest BCUT2D eigenvalue weighted by molar-refractivity contribution is 5.88. The summed E-state index contributed by atoms with van der Waals surface area (Å²) in [5.41, 5.74) is -0.567. The Kier molecular flexibility index (Phi) is 4.47. The maximum Gasteiger partial charge on any atom is 0.328 e. The van der Waals surface area contributed by atoms with Crippen molar-refractivity contribution in [3.63, 3.8) is 0 Å². The number of carboxylic acid groups (broad SMARTS) is 1. The monoisotopic (exact) mass is 244 g/mol. The Bertz CT molecular complexity index is 298. The van der Waals surface area contributed by atoms with Gasteiger partial charge in [-0.2, -0.15) is 0 Å². The van der Waals surface area contributed by atoms with E-state index in [0.29, 0.717) is 13.0 Å². The van der Waals surface area contributed by atoms with Crippen molar-refractivity contribution in [2.75, 3.05) is 19.7 Å². The Hall–Kier alpha value is -1.14. The van der Waals surface area contributed by atoms with Gasteiger partial charge in [-0.05, 0) is 18.9 Å². The fourth-order valence-corrected chi connectivity index (χ4v) is 2.15. The standard InChI is InChI=1S/C11H20N2O4/c1-7(2)11(3-4-12-6-11)10(17)13-8(5-14)9(15)16/h7-8,12,14H,3-6H2,1-2H3,(H,13,17)(H,15,16)/t8-,11?/m1/s1. The van der Waals surface area contributed by atoms with Crippen molar-refractivity contribution in [3.05, 3.63) is 0 Å². The van der Waals surface area contributed by atoms with Crippen LogP contribution in [0.4, 0.5) is 0 Å². The Labute approximate surface area is 100 Å². The van der Waals surface area contributed by atoms with Crippen LogP contribution in [-0.2, 0) is 9.59 Å². The smallest absolute Gasteiger partial charge is 0.328 e. The fourth-order valence-electron chi connectivity index (χ4n) is 2.15. The number of carboxylic acids is 1. The number of hydrogen-bond donors (Lipinski definition) is 4. The predicted octanol–water partition coefficient (Wildman–Crippen LogP) is -0.816. The lowest BCUT2D eigenvalue weighted by Gasteiger charge is -2.32. The lowest BCUT2D eigenvalue weighted by Crippen LogP contribution is -2.52. The van der Waals surface area contributed by atoms with Crippen LogP contribution in [-0.4, -0.2) is 47.8 Å². The van der Waals surface area contributed by atoms with Crippen LogP contribution >= 0.6 is 0 Å². The van der Waals surface area contributed by atoms with Gasteiger partial charge in [0, 0.05) is 6.54 Å². The van der Waals surface area contributed by atoms with E-state index < -0.39 is 24.0 Å². The van der Waals surface area contributed by atoms with E-state index in [2.05, 4.69) is 10.6 Å². The van der Waals surface area contributed by atoms with Crippen LogP contribution in [0.15, 0.2) is 0 Å². The number of aliphatic hydroxyl groups excluding tert-OH is 1. The fraction of sp³-hybridized carbons (Fsp3) is 0.818. The molecule has 2 atom stereocenters. The summed E-state index contributed by atoms with van der Waals surface area (Å²) in [4.78, 5) is 22.9. The van der Waals surface area contributed by atoms with E-state index in [1.54, 1.807) is 0 Å². The van der Waals surface area contributed by atoms with Gasteiger partial charge in [0.1, 0.15) is 6.04 Å². The van der Waals surface area contributed by atoms with E-state index in [9.17, 15) is 9.59 Å². The molecule has 1 fully saturated rings. The normalized spacial score (nSPS) is 25.9. The van der Waals surface area contributed by atoms with Crippen LogP contribution < -0.4 is 10.6 Å². The molecule has 0 aromatic carbocycles. The van der Waals surface area contributed by atoms with Crippen LogP contribution in [0.2, 0.25) is 0 Å². The molecule has 6 nitrogen and oxygen atoms in total. The highest BCUT2D eigenvalue weighted by Crippen LogP contribution is 2.34. The highest BCUT2D eigenvalue weighted by Gasteiger charge is 2.44. The Morgan fingerprint density at radius 1 is 1.47 bits per heavy atom. The van der Waals surface area contributed by atoms with Gasteiger partial charge in [-0.3, -0.25) is 4.79 Å². The van der Waals surface area contributed by atoms with E-state index in [0.717, 1.165) is 6.54 Å². The van der Waals surface area contributed by atoms with Crippen molar-refractivity contribution < 1.29 is 19.8 Å². The molecule has 98 valence electrons. The number of nitrogens with one attached hydrogen (secondary N) is 2. The average Bonchev–Trinajstić information content (AvgIpc) is 2.75. The van der Waals surface area contributed by atoms with E-state index >= 15 is 0 Å². The molecular formula is C11H20N2O4. The Morgan fingerprint density at radius 2 is 2.12 bits per heavy atom. The maximum atomic E-state index is 12.2. The summed E-state index contributed by atoms with van der Waals surface area (Å²) < 4.78 is 0. The minimum Gasteiger partial charge on any atom is -0.480 e. The average molecular weight is 244 g/mol. The summed E-state index contributed by atoms with van der Waals surface area (Å²) in [5.74, 6) is -1.39. The molecule has 1 aliphatic heterocycles. The van der Waals surface area contributed by atoms with Crippen LogP contribution in [0.1, 0.15) is 20.3 Å². The van der Waals surface area contributed by atoms with Crippen LogP contribution in [0.25, 0.3) is 0 Å². The zero-order valence-electron chi connectivity index (χ0n) is 10.2. The topological polar surface area (TPSA) is 98.7 Å². The molecule has 0 aliphatic carbocycles. The van der Waals surface area contributed by atoms with Gasteiger partial charge in [-0.1, -0.05) is 13.8 Å². The predicted molar refractivity (Wildman–Crippen MR) is 61.4 cm³/mol. The molecule has 0 aromatic heterocycles. The molecule has 6 heteroatoms. The number of amides is 1. The van der Waals surface area contributed by atoms with Crippen molar-refractivity contribution in [1.82, 2.24) is 10.6 Å². The third kappa shape index (κ3) is 2.76. The van der Waals surface area contributed by atoms with Crippen LogP contribution in [0.3, 0.4) is 0 Å². The van der Waals surface area contributed by atoms with E-state index in [1.807, 2.05) is 13.8 Å². The van der Waals surface area contributed by atoms with Crippen molar-refractivity contribution >= 4 is 11.9 Å². The van der Waals surface area contributed by atoms with Crippen molar-refractivity contribution in [3.8, 4) is 0 Å². The van der Waals surface area contributed by atoms with Gasteiger partial charge < -0.3 is 20.8 Å². The van der Waals surface area contributed by atoms with E-state index in [4.69, 9.17) is 10.2 Å². The molecular weight excluding hydrogens is 224 g/mol. The molecule has 0 radical (unpaired) electrons. The van der Waals surface area contributed by atoms with Gasteiger partial charge in [-0.15, -0.1) is 0 Å². The first-order valence-corrected chi connectivity index (χ1v) is 5.79. The Balaban J connectivity index is 2.76. The van der Waals surface area contributed by atoms with Gasteiger partial charge in [-0.25, -0.2) is 4.79 Å². The second-order valence-corrected chi connectivity index (χ2v) is 4.78. The number of carbonyl (C=O) groups is 2. The first-order chi connectivity index (χ1) is 7.94. The molecule has 1 unspecified atom stereocenters. The van der Waals surface area contributed by atoms with Gasteiger partial charge >= 0.3 is 5.97 Å². The summed E-state index contributed by atoms with van der Waals surface area (Å²) in [6.45, 7) is 4.60. The lowest BCUT2D eigenvalue weighted by atomic mass is 9.75. The quantitative estimate of drug-likeness (QED) is 0.506. The second-order valence-electron chi connectivity index (χ2n) is 4.78. The summed E-state index contributed by atoms with van der Waals surface area (Å²) in [7, 11) is 0. The van der Waals surface area contributed by atoms with Gasteiger partial charge in [0.2, 0.25) is 5.91 Å². The number of rotatable bonds is 5. The zero-order valence-corrected chi connectivity index (χ0v) is 10.2. The number of hydrogen-bond acceptors (Lipinski definition) is 4. The summed E-state index contributed by atoms with van der Waals surface area (Å²) in [6.07, 6.45) is 0.689. The molecule has 17 heavy (non-hydrogen) atoms. The SMILES string of the molecule is CC(C)C1(C(=O)N[C@H](CO)C(=O)O)CCNC1. The molecule has 4 N–H and O–H groups in total. The number of carbonyl (C=O) groups excluding carboxylic acids is 1. The minimum absolute atomic E-state index is 0.116. The molecule has 1 aliphatic rings. The van der Waals surface area contributed by atoms with E-state index in [1.165, 1.54) is 0 Å². The summed E-state index contributed by atoms with van der Waals surface area (Å²) in [5, 5.41) is 23.2. The summed E-state index contributed by atoms with van der Waals surface area (Å²) in [6, 6.07) is -1.22. The molecule has 1 amide bonds. The molecule has 0 bridgehead atoms. The largest absolute Gasteiger partial charge is 0.480 e. The van der Waals surface area contributed by atoms with Crippen molar-refractivity contribution in [1.29, 1.82) is 0 Å². The Morgan fingerprint density at radius 3 is 2.47 bits per heavy atom. The molecule has 0 aromatic rings. The molecule has 1 heterocycles. The first kappa shape index (κ1) is 13.9. The lowest BCUT2D eigenvalue weighted by molar-refractivity contribution is -0.145. The molecule has 1 saturated heterocycles. The number of aliphatic hydroxyl groups is 1. The molecule has 1 rings (SSSR count). The third-order valence-corrected chi connectivity index (χ3v) is 3.53. The molecule has 0 spiro atoms. The van der Waals surface area contributed by atoms with Crippen molar-refractivity contribution in [2.24, 2.45) is 11.3 Å². The van der Waals surface area contributed by atoms with Gasteiger partial charge in [0.05, 0.1) is 12.0 Å².